The summed E-state index contributed by atoms with van der Waals surface area (Å²) in [6.07, 6.45) is 0.557. The normalized spacial score (nSPS) is 12.2. The van der Waals surface area contributed by atoms with Crippen molar-refractivity contribution in [2.24, 2.45) is 0 Å². The first-order chi connectivity index (χ1) is 7.22. The SMILES string of the molecule is CCCOc1ccc(OCC(C)O)cc1. The molecule has 0 saturated heterocycles. The van der Waals surface area contributed by atoms with E-state index >= 15 is 0 Å². The van der Waals surface area contributed by atoms with Crippen LogP contribution in [0.1, 0.15) is 20.3 Å². The standard InChI is InChI=1S/C12H18O3/c1-3-8-14-11-4-6-12(7-5-11)15-9-10(2)13/h4-7,10,13H,3,8-9H2,1-2H3. The van der Waals surface area contributed by atoms with Gasteiger partial charge in [0.1, 0.15) is 18.1 Å². The zero-order valence-electron chi connectivity index (χ0n) is 9.27. The third-order valence-corrected chi connectivity index (χ3v) is 1.79. The van der Waals surface area contributed by atoms with E-state index in [4.69, 9.17) is 14.6 Å². The zero-order chi connectivity index (χ0) is 11.1. The monoisotopic (exact) mass is 210 g/mol. The van der Waals surface area contributed by atoms with Gasteiger partial charge in [0.25, 0.3) is 0 Å². The molecular weight excluding hydrogens is 192 g/mol. The summed E-state index contributed by atoms with van der Waals surface area (Å²) in [6.45, 7) is 4.81. The molecule has 0 aliphatic rings. The molecule has 3 nitrogen and oxygen atoms in total. The van der Waals surface area contributed by atoms with Crippen LogP contribution in [0, 0.1) is 0 Å². The van der Waals surface area contributed by atoms with Gasteiger partial charge in [0.15, 0.2) is 0 Å². The Kier molecular flexibility index (Phi) is 4.98. The molecule has 1 aromatic carbocycles. The molecule has 0 saturated carbocycles. The number of hydrogen-bond donors (Lipinski definition) is 1. The zero-order valence-corrected chi connectivity index (χ0v) is 9.27. The van der Waals surface area contributed by atoms with E-state index in [0.717, 1.165) is 24.5 Å². The number of aliphatic hydroxyl groups is 1. The van der Waals surface area contributed by atoms with Crippen molar-refractivity contribution in [3.63, 3.8) is 0 Å². The predicted octanol–water partition coefficient (Wildman–Crippen LogP) is 2.24. The second-order valence-corrected chi connectivity index (χ2v) is 3.48. The molecule has 15 heavy (non-hydrogen) atoms. The molecular formula is C12H18O3. The number of benzene rings is 1. The first-order valence-corrected chi connectivity index (χ1v) is 5.26. The molecule has 84 valence electrons. The summed E-state index contributed by atoms with van der Waals surface area (Å²) >= 11 is 0. The van der Waals surface area contributed by atoms with Crippen molar-refractivity contribution in [3.8, 4) is 11.5 Å². The minimum atomic E-state index is -0.444. The van der Waals surface area contributed by atoms with Crippen molar-refractivity contribution in [1.29, 1.82) is 0 Å². The van der Waals surface area contributed by atoms with Crippen LogP contribution >= 0.6 is 0 Å². The van der Waals surface area contributed by atoms with Crippen LogP contribution in [0.15, 0.2) is 24.3 Å². The van der Waals surface area contributed by atoms with Crippen LogP contribution in [-0.4, -0.2) is 24.4 Å². The summed E-state index contributed by atoms with van der Waals surface area (Å²) in [5.41, 5.74) is 0. The number of hydrogen-bond acceptors (Lipinski definition) is 3. The minimum Gasteiger partial charge on any atom is -0.494 e. The topological polar surface area (TPSA) is 38.7 Å². The van der Waals surface area contributed by atoms with Crippen molar-refractivity contribution >= 4 is 0 Å². The maximum atomic E-state index is 9.03. The third kappa shape index (κ3) is 4.70. The average Bonchev–Trinajstić information content (AvgIpc) is 2.25. The lowest BCUT2D eigenvalue weighted by Gasteiger charge is -2.09. The van der Waals surface area contributed by atoms with E-state index in [9.17, 15) is 0 Å². The molecule has 1 unspecified atom stereocenters. The summed E-state index contributed by atoms with van der Waals surface area (Å²) < 4.78 is 10.8. The van der Waals surface area contributed by atoms with E-state index in [1.807, 2.05) is 24.3 Å². The van der Waals surface area contributed by atoms with Crippen molar-refractivity contribution in [3.05, 3.63) is 24.3 Å². The lowest BCUT2D eigenvalue weighted by atomic mass is 10.3. The Labute approximate surface area is 90.6 Å². The lowest BCUT2D eigenvalue weighted by molar-refractivity contribution is 0.122. The summed E-state index contributed by atoms with van der Waals surface area (Å²) in [6, 6.07) is 7.42. The fraction of sp³-hybridized carbons (Fsp3) is 0.500. The van der Waals surface area contributed by atoms with Crippen molar-refractivity contribution < 1.29 is 14.6 Å². The van der Waals surface area contributed by atoms with Gasteiger partial charge in [0, 0.05) is 0 Å². The van der Waals surface area contributed by atoms with Crippen LogP contribution in [0.4, 0.5) is 0 Å². The van der Waals surface area contributed by atoms with Crippen LogP contribution in [-0.2, 0) is 0 Å². The van der Waals surface area contributed by atoms with E-state index in [0.29, 0.717) is 6.61 Å². The molecule has 1 rings (SSSR count). The molecule has 0 bridgehead atoms. The van der Waals surface area contributed by atoms with Gasteiger partial charge in [-0.2, -0.15) is 0 Å². The summed E-state index contributed by atoms with van der Waals surface area (Å²) in [4.78, 5) is 0. The second-order valence-electron chi connectivity index (χ2n) is 3.48. The van der Waals surface area contributed by atoms with Crippen LogP contribution in [0.25, 0.3) is 0 Å². The van der Waals surface area contributed by atoms with E-state index in [-0.39, 0.29) is 0 Å². The molecule has 0 aliphatic heterocycles. The quantitative estimate of drug-likeness (QED) is 0.782. The van der Waals surface area contributed by atoms with Gasteiger partial charge in [-0.25, -0.2) is 0 Å². The molecule has 0 spiro atoms. The fourth-order valence-electron chi connectivity index (χ4n) is 1.07. The Morgan fingerprint density at radius 1 is 1.13 bits per heavy atom. The maximum absolute atomic E-state index is 9.03. The van der Waals surface area contributed by atoms with E-state index in [2.05, 4.69) is 6.92 Å². The van der Waals surface area contributed by atoms with Gasteiger partial charge < -0.3 is 14.6 Å². The van der Waals surface area contributed by atoms with Gasteiger partial charge >= 0.3 is 0 Å². The molecule has 0 radical (unpaired) electrons. The average molecular weight is 210 g/mol. The molecule has 0 amide bonds. The molecule has 1 aromatic rings. The third-order valence-electron chi connectivity index (χ3n) is 1.79. The molecule has 3 heteroatoms. The molecule has 1 N–H and O–H groups in total. The Morgan fingerprint density at radius 3 is 2.13 bits per heavy atom. The van der Waals surface area contributed by atoms with Crippen LogP contribution in [0.3, 0.4) is 0 Å². The Morgan fingerprint density at radius 2 is 1.67 bits per heavy atom. The van der Waals surface area contributed by atoms with Crippen molar-refractivity contribution in [1.82, 2.24) is 0 Å². The van der Waals surface area contributed by atoms with Crippen molar-refractivity contribution in [2.75, 3.05) is 13.2 Å². The first kappa shape index (κ1) is 11.9. The second kappa shape index (κ2) is 6.30. The van der Waals surface area contributed by atoms with E-state index in [1.54, 1.807) is 6.92 Å². The minimum absolute atomic E-state index is 0.315. The smallest absolute Gasteiger partial charge is 0.119 e. The molecule has 0 aliphatic carbocycles. The van der Waals surface area contributed by atoms with Crippen molar-refractivity contribution in [2.45, 2.75) is 26.4 Å². The van der Waals surface area contributed by atoms with Crippen LogP contribution < -0.4 is 9.47 Å². The van der Waals surface area contributed by atoms with Gasteiger partial charge in [0.2, 0.25) is 0 Å². The highest BCUT2D eigenvalue weighted by Gasteiger charge is 1.98. The summed E-state index contributed by atoms with van der Waals surface area (Å²) in [5.74, 6) is 1.60. The van der Waals surface area contributed by atoms with E-state index < -0.39 is 6.10 Å². The van der Waals surface area contributed by atoms with Gasteiger partial charge in [0.05, 0.1) is 12.7 Å². The molecule has 0 aromatic heterocycles. The Bertz CT molecular complexity index is 267. The highest BCUT2D eigenvalue weighted by Crippen LogP contribution is 2.17. The molecule has 0 heterocycles. The van der Waals surface area contributed by atoms with Gasteiger partial charge in [-0.15, -0.1) is 0 Å². The first-order valence-electron chi connectivity index (χ1n) is 5.26. The largest absolute Gasteiger partial charge is 0.494 e. The van der Waals surface area contributed by atoms with Gasteiger partial charge in [-0.3, -0.25) is 0 Å². The number of ether oxygens (including phenoxy) is 2. The van der Waals surface area contributed by atoms with Gasteiger partial charge in [-0.1, -0.05) is 6.92 Å². The van der Waals surface area contributed by atoms with E-state index in [1.165, 1.54) is 0 Å². The van der Waals surface area contributed by atoms with Gasteiger partial charge in [-0.05, 0) is 37.6 Å². The molecule has 1 atom stereocenters. The summed E-state index contributed by atoms with van der Waals surface area (Å²) in [7, 11) is 0. The lowest BCUT2D eigenvalue weighted by Crippen LogP contribution is -2.12. The van der Waals surface area contributed by atoms with Crippen LogP contribution in [0.2, 0.25) is 0 Å². The number of aliphatic hydroxyl groups excluding tert-OH is 1. The molecule has 0 fully saturated rings. The van der Waals surface area contributed by atoms with Crippen LogP contribution in [0.5, 0.6) is 11.5 Å². The highest BCUT2D eigenvalue weighted by molar-refractivity contribution is 5.31. The Hall–Kier alpha value is -1.22. The number of rotatable bonds is 6. The maximum Gasteiger partial charge on any atom is 0.119 e. The summed E-state index contributed by atoms with van der Waals surface area (Å²) in [5, 5.41) is 9.03. The fourth-order valence-corrected chi connectivity index (χ4v) is 1.07. The highest BCUT2D eigenvalue weighted by atomic mass is 16.5. The Balaban J connectivity index is 2.41. The predicted molar refractivity (Wildman–Crippen MR) is 59.4 cm³/mol.